The maximum Gasteiger partial charge on any atom is 0.295 e. The third-order valence-corrected chi connectivity index (χ3v) is 7.11. The van der Waals surface area contributed by atoms with Gasteiger partial charge in [-0.05, 0) is 38.1 Å². The standard InChI is InChI=1S/C17H22N4O4S2/c1-5-20(6-2)27(24,25)14-8-9-15(16(11-14)21(22)23)19-18-13(4)17-10-7-12(3)26-17/h7-11,19H,5-6H2,1-4H3/b18-13-. The topological polar surface area (TPSA) is 105 Å². The first-order valence-electron chi connectivity index (χ1n) is 8.36. The summed E-state index contributed by atoms with van der Waals surface area (Å²) in [6.07, 6.45) is 0. The van der Waals surface area contributed by atoms with Gasteiger partial charge in [-0.2, -0.15) is 9.41 Å². The number of thiophene rings is 1. The molecule has 1 aromatic carbocycles. The first-order valence-corrected chi connectivity index (χ1v) is 10.6. The van der Waals surface area contributed by atoms with E-state index in [1.165, 1.54) is 16.4 Å². The number of sulfonamides is 1. The minimum atomic E-state index is -3.78. The van der Waals surface area contributed by atoms with Gasteiger partial charge in [0.15, 0.2) is 0 Å². The van der Waals surface area contributed by atoms with E-state index in [0.29, 0.717) is 5.71 Å². The lowest BCUT2D eigenvalue weighted by atomic mass is 10.3. The predicted molar refractivity (Wildman–Crippen MR) is 108 cm³/mol. The molecule has 0 saturated heterocycles. The molecule has 0 bridgehead atoms. The second kappa shape index (κ2) is 8.59. The highest BCUT2D eigenvalue weighted by molar-refractivity contribution is 7.89. The quantitative estimate of drug-likeness (QED) is 0.404. The number of hydrazone groups is 1. The number of rotatable bonds is 8. The molecule has 10 heteroatoms. The van der Waals surface area contributed by atoms with Crippen LogP contribution in [-0.2, 0) is 10.0 Å². The Labute approximate surface area is 162 Å². The van der Waals surface area contributed by atoms with Crippen molar-refractivity contribution >= 4 is 38.4 Å². The summed E-state index contributed by atoms with van der Waals surface area (Å²) < 4.78 is 26.4. The fourth-order valence-corrected chi connectivity index (χ4v) is 4.75. The van der Waals surface area contributed by atoms with E-state index in [9.17, 15) is 18.5 Å². The smallest absolute Gasteiger partial charge is 0.271 e. The van der Waals surface area contributed by atoms with Gasteiger partial charge in [0, 0.05) is 24.0 Å². The second-order valence-corrected chi connectivity index (χ2v) is 8.97. The highest BCUT2D eigenvalue weighted by atomic mass is 32.2. The summed E-state index contributed by atoms with van der Waals surface area (Å²) in [4.78, 5) is 12.8. The van der Waals surface area contributed by atoms with E-state index >= 15 is 0 Å². The molecule has 0 unspecified atom stereocenters. The Bertz CT molecular complexity index is 963. The predicted octanol–water partition coefficient (Wildman–Crippen LogP) is 3.83. The largest absolute Gasteiger partial charge is 0.295 e. The van der Waals surface area contributed by atoms with Crippen molar-refractivity contribution in [3.05, 3.63) is 50.2 Å². The van der Waals surface area contributed by atoms with Gasteiger partial charge in [-0.1, -0.05) is 13.8 Å². The van der Waals surface area contributed by atoms with Crippen molar-refractivity contribution < 1.29 is 13.3 Å². The van der Waals surface area contributed by atoms with Crippen LogP contribution in [0.4, 0.5) is 11.4 Å². The Kier molecular flexibility index (Phi) is 6.68. The van der Waals surface area contributed by atoms with Crippen LogP contribution in [0.3, 0.4) is 0 Å². The maximum atomic E-state index is 12.6. The lowest BCUT2D eigenvalue weighted by molar-refractivity contribution is -0.384. The van der Waals surface area contributed by atoms with Crippen molar-refractivity contribution in [3.63, 3.8) is 0 Å². The molecule has 0 fully saturated rings. The summed E-state index contributed by atoms with van der Waals surface area (Å²) in [5, 5.41) is 15.6. The molecule has 0 amide bonds. The van der Waals surface area contributed by atoms with Gasteiger partial charge < -0.3 is 0 Å². The molecule has 2 aromatic rings. The Balaban J connectivity index is 2.37. The molecule has 0 radical (unpaired) electrons. The van der Waals surface area contributed by atoms with Crippen LogP contribution < -0.4 is 5.43 Å². The molecule has 0 atom stereocenters. The molecule has 146 valence electrons. The zero-order valence-electron chi connectivity index (χ0n) is 15.6. The molecule has 0 spiro atoms. The molecule has 1 aromatic heterocycles. The number of hydrogen-bond acceptors (Lipinski definition) is 7. The molecular formula is C17H22N4O4S2. The Hall–Kier alpha value is -2.30. The first-order chi connectivity index (χ1) is 12.7. The van der Waals surface area contributed by atoms with Gasteiger partial charge in [0.05, 0.1) is 20.4 Å². The molecule has 8 nitrogen and oxygen atoms in total. The van der Waals surface area contributed by atoms with Crippen LogP contribution in [0.25, 0.3) is 0 Å². The lowest BCUT2D eigenvalue weighted by Gasteiger charge is -2.18. The fraction of sp³-hybridized carbons (Fsp3) is 0.353. The minimum Gasteiger partial charge on any atom is -0.271 e. The summed E-state index contributed by atoms with van der Waals surface area (Å²) in [5.41, 5.74) is 3.15. The number of benzene rings is 1. The number of aryl methyl sites for hydroxylation is 1. The molecule has 2 rings (SSSR count). The van der Waals surface area contributed by atoms with Crippen LogP contribution >= 0.6 is 11.3 Å². The van der Waals surface area contributed by atoms with E-state index in [-0.39, 0.29) is 29.4 Å². The van der Waals surface area contributed by atoms with Crippen LogP contribution in [-0.4, -0.2) is 36.4 Å². The molecule has 0 aliphatic carbocycles. The zero-order valence-corrected chi connectivity index (χ0v) is 17.2. The van der Waals surface area contributed by atoms with Crippen molar-refractivity contribution in [2.75, 3.05) is 18.5 Å². The zero-order chi connectivity index (χ0) is 20.2. The minimum absolute atomic E-state index is 0.113. The van der Waals surface area contributed by atoms with Crippen LogP contribution in [0.5, 0.6) is 0 Å². The summed E-state index contributed by atoms with van der Waals surface area (Å²) in [6, 6.07) is 7.67. The maximum absolute atomic E-state index is 12.6. The molecule has 0 saturated carbocycles. The van der Waals surface area contributed by atoms with Gasteiger partial charge in [0.1, 0.15) is 5.69 Å². The van der Waals surface area contributed by atoms with Gasteiger partial charge >= 0.3 is 0 Å². The van der Waals surface area contributed by atoms with Crippen LogP contribution in [0.2, 0.25) is 0 Å². The number of nitro benzene ring substituents is 1. The molecular weight excluding hydrogens is 388 g/mol. The molecule has 0 aliphatic rings. The van der Waals surface area contributed by atoms with E-state index in [1.54, 1.807) is 32.1 Å². The fourth-order valence-electron chi connectivity index (χ4n) is 2.46. The van der Waals surface area contributed by atoms with Crippen LogP contribution in [0, 0.1) is 17.0 Å². The number of hydrogen-bond donors (Lipinski definition) is 1. The Morgan fingerprint density at radius 2 is 1.93 bits per heavy atom. The van der Waals surface area contributed by atoms with Gasteiger partial charge in [-0.25, -0.2) is 8.42 Å². The normalized spacial score (nSPS) is 12.4. The average molecular weight is 411 g/mol. The summed E-state index contributed by atoms with van der Waals surface area (Å²) in [6.45, 7) is 7.79. The highest BCUT2D eigenvalue weighted by Gasteiger charge is 2.25. The second-order valence-electron chi connectivity index (χ2n) is 5.74. The number of nitrogens with zero attached hydrogens (tertiary/aromatic N) is 3. The van der Waals surface area contributed by atoms with Gasteiger partial charge in [-0.15, -0.1) is 11.3 Å². The highest BCUT2D eigenvalue weighted by Crippen LogP contribution is 2.29. The SMILES string of the molecule is CCN(CC)S(=O)(=O)c1ccc(N/N=C(/C)c2ccc(C)s2)c([N+](=O)[O-])c1. The van der Waals surface area contributed by atoms with Crippen molar-refractivity contribution in [2.24, 2.45) is 5.10 Å². The van der Waals surface area contributed by atoms with Gasteiger partial charge in [-0.3, -0.25) is 15.5 Å². The van der Waals surface area contributed by atoms with Crippen LogP contribution in [0.15, 0.2) is 40.3 Å². The van der Waals surface area contributed by atoms with Crippen LogP contribution in [0.1, 0.15) is 30.5 Å². The third kappa shape index (κ3) is 4.71. The summed E-state index contributed by atoms with van der Waals surface area (Å²) >= 11 is 1.57. The van der Waals surface area contributed by atoms with Crippen molar-refractivity contribution in [3.8, 4) is 0 Å². The van der Waals surface area contributed by atoms with E-state index in [2.05, 4.69) is 10.5 Å². The van der Waals surface area contributed by atoms with E-state index in [1.807, 2.05) is 19.1 Å². The Morgan fingerprint density at radius 3 is 2.44 bits per heavy atom. The summed E-state index contributed by atoms with van der Waals surface area (Å²) in [7, 11) is -3.78. The number of nitro groups is 1. The van der Waals surface area contributed by atoms with E-state index in [0.717, 1.165) is 15.8 Å². The monoisotopic (exact) mass is 410 g/mol. The van der Waals surface area contributed by atoms with Gasteiger partial charge in [0.2, 0.25) is 10.0 Å². The molecule has 1 heterocycles. The van der Waals surface area contributed by atoms with Crippen molar-refractivity contribution in [1.82, 2.24) is 4.31 Å². The van der Waals surface area contributed by atoms with Crippen molar-refractivity contribution in [2.45, 2.75) is 32.6 Å². The van der Waals surface area contributed by atoms with E-state index < -0.39 is 14.9 Å². The molecule has 1 N–H and O–H groups in total. The lowest BCUT2D eigenvalue weighted by Crippen LogP contribution is -2.30. The third-order valence-electron chi connectivity index (χ3n) is 3.95. The first kappa shape index (κ1) is 21.0. The number of anilines is 1. The molecule has 27 heavy (non-hydrogen) atoms. The average Bonchev–Trinajstić information content (AvgIpc) is 3.06. The summed E-state index contributed by atoms with van der Waals surface area (Å²) in [5.74, 6) is 0. The van der Waals surface area contributed by atoms with Gasteiger partial charge in [0.25, 0.3) is 5.69 Å². The van der Waals surface area contributed by atoms with E-state index in [4.69, 9.17) is 0 Å². The Morgan fingerprint density at radius 1 is 1.26 bits per heavy atom. The molecule has 0 aliphatic heterocycles. The van der Waals surface area contributed by atoms with Crippen molar-refractivity contribution in [1.29, 1.82) is 0 Å². The number of nitrogens with one attached hydrogen (secondary N) is 1.